The quantitative estimate of drug-likeness (QED) is 0.608. The molecule has 0 saturated carbocycles. The van der Waals surface area contributed by atoms with E-state index in [1.54, 1.807) is 0 Å². The van der Waals surface area contributed by atoms with Crippen LogP contribution in [0.25, 0.3) is 11.1 Å². The summed E-state index contributed by atoms with van der Waals surface area (Å²) in [6, 6.07) is 26.5. The number of nitrogens with zero attached hydrogens (tertiary/aromatic N) is 1. The average Bonchev–Trinajstić information content (AvgIpc) is 2.61. The van der Waals surface area contributed by atoms with Crippen molar-refractivity contribution < 1.29 is 0 Å². The second kappa shape index (κ2) is 7.13. The lowest BCUT2D eigenvalue weighted by atomic mass is 10.00. The Morgan fingerprint density at radius 3 is 1.91 bits per heavy atom. The van der Waals surface area contributed by atoms with Gasteiger partial charge in [0.25, 0.3) is 0 Å². The average molecular weight is 318 g/mol. The number of aryl methyl sites for hydroxylation is 2. The monoisotopic (exact) mass is 317 g/mol. The predicted octanol–water partition coefficient (Wildman–Crippen LogP) is 5.66. The second-order valence-electron chi connectivity index (χ2n) is 5.52. The number of nitriles is 1. The normalized spacial score (nSPS) is 10.3. The minimum atomic E-state index is 0.708. The van der Waals surface area contributed by atoms with Gasteiger partial charge in [0.15, 0.2) is 0 Å². The van der Waals surface area contributed by atoms with Gasteiger partial charge in [-0.15, -0.1) is 0 Å². The summed E-state index contributed by atoms with van der Waals surface area (Å²) in [5.74, 6) is 0. The van der Waals surface area contributed by atoms with Gasteiger partial charge < -0.3 is 0 Å². The lowest BCUT2D eigenvalue weighted by Crippen LogP contribution is -1.91. The van der Waals surface area contributed by atoms with Crippen LogP contribution in [0.5, 0.6) is 0 Å². The molecule has 0 aliphatic carbocycles. The minimum absolute atomic E-state index is 0.708. The molecule has 0 aliphatic heterocycles. The molecule has 2 heteroatoms. The smallest absolute Gasteiger partial charge is 0.0991 e. The van der Waals surface area contributed by atoms with Gasteiger partial charge in [0.05, 0.1) is 11.6 Å². The Kier molecular flexibility index (Phi) is 4.76. The summed E-state index contributed by atoms with van der Waals surface area (Å²) in [6.07, 6.45) is 1.96. The Bertz CT molecular complexity index is 827. The van der Waals surface area contributed by atoms with E-state index in [0.29, 0.717) is 5.56 Å². The highest BCUT2D eigenvalue weighted by atomic mass is 35.5. The van der Waals surface area contributed by atoms with Gasteiger partial charge in [0.1, 0.15) is 0 Å². The van der Waals surface area contributed by atoms with Crippen LogP contribution in [0.15, 0.2) is 72.8 Å². The van der Waals surface area contributed by atoms with Crippen molar-refractivity contribution in [1.29, 1.82) is 5.26 Å². The largest absolute Gasteiger partial charge is 0.192 e. The van der Waals surface area contributed by atoms with Crippen LogP contribution in [0, 0.1) is 11.3 Å². The first-order valence-electron chi connectivity index (χ1n) is 7.58. The first-order valence-corrected chi connectivity index (χ1v) is 7.96. The Balaban J connectivity index is 1.66. The zero-order valence-electron chi connectivity index (χ0n) is 12.7. The minimum Gasteiger partial charge on any atom is -0.192 e. The van der Waals surface area contributed by atoms with Crippen LogP contribution in [0.4, 0.5) is 0 Å². The molecule has 0 spiro atoms. The maximum absolute atomic E-state index is 8.82. The fraction of sp³-hybridized carbons (Fsp3) is 0.0952. The Labute approximate surface area is 141 Å². The molecule has 0 N–H and O–H groups in total. The fourth-order valence-corrected chi connectivity index (χ4v) is 2.76. The van der Waals surface area contributed by atoms with E-state index in [4.69, 9.17) is 16.9 Å². The molecule has 1 nitrogen and oxygen atoms in total. The van der Waals surface area contributed by atoms with E-state index in [9.17, 15) is 0 Å². The van der Waals surface area contributed by atoms with E-state index < -0.39 is 0 Å². The summed E-state index contributed by atoms with van der Waals surface area (Å²) >= 11 is 6.05. The van der Waals surface area contributed by atoms with Crippen LogP contribution >= 0.6 is 11.6 Å². The van der Waals surface area contributed by atoms with Gasteiger partial charge in [-0.2, -0.15) is 5.26 Å². The van der Waals surface area contributed by atoms with E-state index in [-0.39, 0.29) is 0 Å². The van der Waals surface area contributed by atoms with Crippen LogP contribution in [0.2, 0.25) is 5.02 Å². The molecular formula is C21H16ClN. The van der Waals surface area contributed by atoms with E-state index in [0.717, 1.165) is 23.4 Å². The third kappa shape index (κ3) is 4.00. The molecule has 0 aliphatic rings. The summed E-state index contributed by atoms with van der Waals surface area (Å²) in [7, 11) is 0. The second-order valence-corrected chi connectivity index (χ2v) is 5.95. The maximum atomic E-state index is 8.82. The van der Waals surface area contributed by atoms with Crippen LogP contribution in [0.3, 0.4) is 0 Å². The Hall–Kier alpha value is -2.56. The zero-order chi connectivity index (χ0) is 16.1. The first kappa shape index (κ1) is 15.3. The predicted molar refractivity (Wildman–Crippen MR) is 95.5 cm³/mol. The van der Waals surface area contributed by atoms with E-state index in [1.165, 1.54) is 16.7 Å². The highest BCUT2D eigenvalue weighted by Gasteiger charge is 2.00. The van der Waals surface area contributed by atoms with Crippen LogP contribution in [0.1, 0.15) is 16.7 Å². The van der Waals surface area contributed by atoms with Crippen molar-refractivity contribution in [3.05, 3.63) is 94.5 Å². The summed E-state index contributed by atoms with van der Waals surface area (Å²) in [6.45, 7) is 0. The first-order chi connectivity index (χ1) is 11.2. The fourth-order valence-electron chi connectivity index (χ4n) is 2.57. The van der Waals surface area contributed by atoms with Crippen molar-refractivity contribution in [2.75, 3.05) is 0 Å². The SMILES string of the molecule is N#Cc1ccc(CCc2ccc(-c3cccc(Cl)c3)cc2)cc1. The number of halogens is 1. The molecule has 3 aromatic carbocycles. The molecule has 0 amide bonds. The third-order valence-electron chi connectivity index (χ3n) is 3.90. The molecule has 3 aromatic rings. The Morgan fingerprint density at radius 1 is 0.739 bits per heavy atom. The molecule has 0 heterocycles. The molecule has 3 rings (SSSR count). The molecule has 112 valence electrons. The van der Waals surface area contributed by atoms with Crippen molar-refractivity contribution in [2.45, 2.75) is 12.8 Å². The van der Waals surface area contributed by atoms with Crippen molar-refractivity contribution in [1.82, 2.24) is 0 Å². The molecule has 0 fully saturated rings. The molecule has 23 heavy (non-hydrogen) atoms. The third-order valence-corrected chi connectivity index (χ3v) is 4.13. The van der Waals surface area contributed by atoms with Crippen LogP contribution < -0.4 is 0 Å². The van der Waals surface area contributed by atoms with Crippen molar-refractivity contribution in [2.24, 2.45) is 0 Å². The van der Waals surface area contributed by atoms with Gasteiger partial charge in [-0.1, -0.05) is 60.1 Å². The molecule has 0 unspecified atom stereocenters. The molecule has 0 bridgehead atoms. The number of hydrogen-bond acceptors (Lipinski definition) is 1. The van der Waals surface area contributed by atoms with E-state index in [1.807, 2.05) is 42.5 Å². The molecule has 0 radical (unpaired) electrons. The molecule has 0 atom stereocenters. The number of hydrogen-bond donors (Lipinski definition) is 0. The van der Waals surface area contributed by atoms with Crippen molar-refractivity contribution >= 4 is 11.6 Å². The van der Waals surface area contributed by atoms with E-state index in [2.05, 4.69) is 36.4 Å². The highest BCUT2D eigenvalue weighted by molar-refractivity contribution is 6.30. The van der Waals surface area contributed by atoms with Gasteiger partial charge in [0, 0.05) is 5.02 Å². The summed E-state index contributed by atoms with van der Waals surface area (Å²) < 4.78 is 0. The van der Waals surface area contributed by atoms with Gasteiger partial charge in [-0.25, -0.2) is 0 Å². The van der Waals surface area contributed by atoms with Gasteiger partial charge in [-0.3, -0.25) is 0 Å². The molecular weight excluding hydrogens is 302 g/mol. The summed E-state index contributed by atoms with van der Waals surface area (Å²) in [5.41, 5.74) is 5.58. The lowest BCUT2D eigenvalue weighted by Gasteiger charge is -2.06. The maximum Gasteiger partial charge on any atom is 0.0991 e. The lowest BCUT2D eigenvalue weighted by molar-refractivity contribution is 0.960. The van der Waals surface area contributed by atoms with Crippen LogP contribution in [-0.4, -0.2) is 0 Å². The summed E-state index contributed by atoms with van der Waals surface area (Å²) in [4.78, 5) is 0. The van der Waals surface area contributed by atoms with Crippen molar-refractivity contribution in [3.8, 4) is 17.2 Å². The van der Waals surface area contributed by atoms with Crippen molar-refractivity contribution in [3.63, 3.8) is 0 Å². The summed E-state index contributed by atoms with van der Waals surface area (Å²) in [5, 5.41) is 9.57. The molecule has 0 saturated heterocycles. The topological polar surface area (TPSA) is 23.8 Å². The van der Waals surface area contributed by atoms with Gasteiger partial charge in [-0.05, 0) is 59.4 Å². The molecule has 0 aromatic heterocycles. The number of benzene rings is 3. The number of rotatable bonds is 4. The van der Waals surface area contributed by atoms with E-state index >= 15 is 0 Å². The zero-order valence-corrected chi connectivity index (χ0v) is 13.4. The van der Waals surface area contributed by atoms with Crippen LogP contribution in [-0.2, 0) is 12.8 Å². The van der Waals surface area contributed by atoms with Gasteiger partial charge >= 0.3 is 0 Å². The Morgan fingerprint density at radius 2 is 1.35 bits per heavy atom. The standard InChI is InChI=1S/C21H16ClN/c22-21-3-1-2-20(14-21)19-12-10-17(11-13-19)5-4-16-6-8-18(15-23)9-7-16/h1-3,6-14H,4-5H2. The highest BCUT2D eigenvalue weighted by Crippen LogP contribution is 2.23. The van der Waals surface area contributed by atoms with Gasteiger partial charge in [0.2, 0.25) is 0 Å².